The first-order valence-corrected chi connectivity index (χ1v) is 11.9. The van der Waals surface area contributed by atoms with Gasteiger partial charge >= 0.3 is 0 Å². The summed E-state index contributed by atoms with van der Waals surface area (Å²) in [5.74, 6) is -0.0426. The molecule has 1 fully saturated rings. The van der Waals surface area contributed by atoms with Crippen molar-refractivity contribution >= 4 is 27.7 Å². The summed E-state index contributed by atoms with van der Waals surface area (Å²) in [6.07, 6.45) is 2.96. The fourth-order valence-electron chi connectivity index (χ4n) is 3.33. The molecule has 2 aromatic carbocycles. The van der Waals surface area contributed by atoms with Gasteiger partial charge in [-0.2, -0.15) is 4.31 Å². The number of sulfonamides is 1. The predicted octanol–water partition coefficient (Wildman–Crippen LogP) is 3.67. The number of rotatable bonds is 6. The lowest BCUT2D eigenvalue weighted by atomic mass is 9.87. The minimum Gasteiger partial charge on any atom is -0.495 e. The zero-order valence-electron chi connectivity index (χ0n) is 18.9. The summed E-state index contributed by atoms with van der Waals surface area (Å²) in [6.45, 7) is 7.70. The van der Waals surface area contributed by atoms with Crippen LogP contribution in [0.5, 0.6) is 5.75 Å². The lowest BCUT2D eigenvalue weighted by Gasteiger charge is -2.26. The molecular weight excluding hydrogens is 428 g/mol. The third-order valence-electron chi connectivity index (χ3n) is 5.22. The molecule has 1 aliphatic heterocycles. The molecule has 172 valence electrons. The highest BCUT2D eigenvalue weighted by Gasteiger charge is 2.29. The predicted molar refractivity (Wildman–Crippen MR) is 125 cm³/mol. The molecule has 1 aliphatic rings. The van der Waals surface area contributed by atoms with E-state index in [0.29, 0.717) is 37.6 Å². The molecule has 1 amide bonds. The lowest BCUT2D eigenvalue weighted by molar-refractivity contribution is -0.111. The number of methoxy groups -OCH3 is 1. The Morgan fingerprint density at radius 3 is 2.34 bits per heavy atom. The van der Waals surface area contributed by atoms with Crippen LogP contribution in [0.1, 0.15) is 31.9 Å². The van der Waals surface area contributed by atoms with E-state index in [1.165, 1.54) is 29.1 Å². The number of ether oxygens (including phenoxy) is 2. The van der Waals surface area contributed by atoms with Crippen molar-refractivity contribution in [3.63, 3.8) is 0 Å². The van der Waals surface area contributed by atoms with Gasteiger partial charge in [-0.1, -0.05) is 39.0 Å². The Morgan fingerprint density at radius 1 is 1.09 bits per heavy atom. The van der Waals surface area contributed by atoms with Crippen LogP contribution in [0.3, 0.4) is 0 Å². The van der Waals surface area contributed by atoms with E-state index in [0.717, 1.165) is 0 Å². The van der Waals surface area contributed by atoms with Gasteiger partial charge < -0.3 is 14.8 Å². The second kappa shape index (κ2) is 9.85. The van der Waals surface area contributed by atoms with Crippen LogP contribution in [0.2, 0.25) is 0 Å². The fourth-order valence-corrected chi connectivity index (χ4v) is 4.93. The smallest absolute Gasteiger partial charge is 0.248 e. The number of nitrogens with one attached hydrogen (secondary N) is 1. The van der Waals surface area contributed by atoms with Gasteiger partial charge in [0.05, 0.1) is 20.3 Å². The fraction of sp³-hybridized carbons (Fsp3) is 0.375. The number of carbonyl (C=O) groups is 1. The van der Waals surface area contributed by atoms with Crippen molar-refractivity contribution in [3.05, 3.63) is 59.7 Å². The first-order chi connectivity index (χ1) is 15.1. The Balaban J connectivity index is 1.75. The van der Waals surface area contributed by atoms with Gasteiger partial charge in [0.1, 0.15) is 10.6 Å². The summed E-state index contributed by atoms with van der Waals surface area (Å²) in [6, 6.07) is 12.5. The molecule has 0 unspecified atom stereocenters. The number of carbonyl (C=O) groups excluding carboxylic acids is 1. The van der Waals surface area contributed by atoms with E-state index >= 15 is 0 Å². The molecule has 0 saturated carbocycles. The molecule has 32 heavy (non-hydrogen) atoms. The Bertz CT molecular complexity index is 1080. The van der Waals surface area contributed by atoms with Crippen LogP contribution in [0.4, 0.5) is 5.69 Å². The molecule has 3 rings (SSSR count). The second-order valence-corrected chi connectivity index (χ2v) is 10.5. The van der Waals surface area contributed by atoms with Gasteiger partial charge in [0.25, 0.3) is 0 Å². The number of nitrogens with zero attached hydrogens (tertiary/aromatic N) is 1. The van der Waals surface area contributed by atoms with Crippen molar-refractivity contribution in [1.29, 1.82) is 0 Å². The number of hydrogen-bond acceptors (Lipinski definition) is 5. The molecule has 0 radical (unpaired) electrons. The largest absolute Gasteiger partial charge is 0.495 e. The normalized spacial score (nSPS) is 15.6. The molecule has 0 atom stereocenters. The molecule has 0 spiro atoms. The summed E-state index contributed by atoms with van der Waals surface area (Å²) in [5, 5.41) is 2.82. The van der Waals surface area contributed by atoms with Crippen LogP contribution in [0.25, 0.3) is 6.08 Å². The average molecular weight is 459 g/mol. The Labute approximate surface area is 190 Å². The molecule has 1 N–H and O–H groups in total. The summed E-state index contributed by atoms with van der Waals surface area (Å²) < 4.78 is 38.1. The molecule has 2 aromatic rings. The highest BCUT2D eigenvalue weighted by atomic mass is 32.2. The van der Waals surface area contributed by atoms with Gasteiger partial charge in [-0.3, -0.25) is 4.79 Å². The maximum Gasteiger partial charge on any atom is 0.248 e. The summed E-state index contributed by atoms with van der Waals surface area (Å²) in [4.78, 5) is 12.4. The van der Waals surface area contributed by atoms with Gasteiger partial charge in [-0.15, -0.1) is 0 Å². The maximum absolute atomic E-state index is 13.1. The quantitative estimate of drug-likeness (QED) is 0.668. The van der Waals surface area contributed by atoms with Crippen LogP contribution < -0.4 is 10.1 Å². The van der Waals surface area contributed by atoms with E-state index in [1.54, 1.807) is 18.2 Å². The molecule has 0 aromatic heterocycles. The molecule has 1 saturated heterocycles. The van der Waals surface area contributed by atoms with E-state index < -0.39 is 10.0 Å². The highest BCUT2D eigenvalue weighted by Crippen LogP contribution is 2.29. The van der Waals surface area contributed by atoms with Crippen LogP contribution in [-0.4, -0.2) is 52.0 Å². The zero-order chi connectivity index (χ0) is 23.4. The van der Waals surface area contributed by atoms with Gasteiger partial charge in [-0.25, -0.2) is 8.42 Å². The van der Waals surface area contributed by atoms with Crippen molar-refractivity contribution in [1.82, 2.24) is 4.31 Å². The number of benzene rings is 2. The lowest BCUT2D eigenvalue weighted by Crippen LogP contribution is -2.40. The second-order valence-electron chi connectivity index (χ2n) is 8.58. The van der Waals surface area contributed by atoms with Crippen molar-refractivity contribution in [2.24, 2.45) is 0 Å². The van der Waals surface area contributed by atoms with E-state index in [9.17, 15) is 13.2 Å². The average Bonchev–Trinajstić information content (AvgIpc) is 2.78. The Hall–Kier alpha value is -2.68. The van der Waals surface area contributed by atoms with E-state index in [1.807, 2.05) is 24.3 Å². The minimum atomic E-state index is -3.74. The van der Waals surface area contributed by atoms with Crippen LogP contribution >= 0.6 is 0 Å². The topological polar surface area (TPSA) is 84.9 Å². The first kappa shape index (κ1) is 24.0. The van der Waals surface area contributed by atoms with Crippen molar-refractivity contribution in [2.75, 3.05) is 38.7 Å². The summed E-state index contributed by atoms with van der Waals surface area (Å²) >= 11 is 0. The van der Waals surface area contributed by atoms with E-state index in [2.05, 4.69) is 26.1 Å². The summed E-state index contributed by atoms with van der Waals surface area (Å²) in [7, 11) is -2.30. The summed E-state index contributed by atoms with van der Waals surface area (Å²) in [5.41, 5.74) is 2.49. The Morgan fingerprint density at radius 2 is 1.75 bits per heavy atom. The van der Waals surface area contributed by atoms with E-state index in [4.69, 9.17) is 9.47 Å². The molecular formula is C24H30N2O5S. The minimum absolute atomic E-state index is 0.0378. The third kappa shape index (κ3) is 5.76. The highest BCUT2D eigenvalue weighted by molar-refractivity contribution is 7.89. The van der Waals surface area contributed by atoms with Crippen molar-refractivity contribution < 1.29 is 22.7 Å². The van der Waals surface area contributed by atoms with Crippen molar-refractivity contribution in [2.45, 2.75) is 31.1 Å². The molecule has 0 aliphatic carbocycles. The number of anilines is 1. The molecule has 1 heterocycles. The van der Waals surface area contributed by atoms with Crippen LogP contribution in [-0.2, 0) is 25.0 Å². The number of morpholine rings is 1. The van der Waals surface area contributed by atoms with Gasteiger partial charge in [0.15, 0.2) is 0 Å². The van der Waals surface area contributed by atoms with Crippen LogP contribution in [0, 0.1) is 0 Å². The van der Waals surface area contributed by atoms with Crippen LogP contribution in [0.15, 0.2) is 53.4 Å². The van der Waals surface area contributed by atoms with Gasteiger partial charge in [0, 0.05) is 24.9 Å². The SMILES string of the molecule is COc1ccc(/C=C/C(=O)Nc2ccc(C(C)(C)C)cc2)cc1S(=O)(=O)N1CCOCC1. The number of amides is 1. The molecule has 8 heteroatoms. The van der Waals surface area contributed by atoms with Crippen molar-refractivity contribution in [3.8, 4) is 5.75 Å². The monoisotopic (exact) mass is 458 g/mol. The van der Waals surface area contributed by atoms with Gasteiger partial charge in [-0.05, 0) is 46.9 Å². The van der Waals surface area contributed by atoms with E-state index in [-0.39, 0.29) is 22.0 Å². The zero-order valence-corrected chi connectivity index (χ0v) is 19.7. The molecule has 7 nitrogen and oxygen atoms in total. The maximum atomic E-state index is 13.1. The van der Waals surface area contributed by atoms with Gasteiger partial charge in [0.2, 0.25) is 15.9 Å². The first-order valence-electron chi connectivity index (χ1n) is 10.5. The number of hydrogen-bond donors (Lipinski definition) is 1. The Kier molecular flexibility index (Phi) is 7.38. The standard InChI is InChI=1S/C24H30N2O5S/c1-24(2,3)19-7-9-20(10-8-19)25-23(27)12-6-18-5-11-21(30-4)22(17-18)32(28,29)26-13-15-31-16-14-26/h5-12,17H,13-16H2,1-4H3,(H,25,27)/b12-6+. The third-order valence-corrected chi connectivity index (χ3v) is 7.14. The molecule has 0 bridgehead atoms.